The van der Waals surface area contributed by atoms with Crippen LogP contribution in [0.25, 0.3) is 0 Å². The van der Waals surface area contributed by atoms with E-state index in [2.05, 4.69) is 27.4 Å². The first kappa shape index (κ1) is 21.3. The van der Waals surface area contributed by atoms with Gasteiger partial charge >= 0.3 is 0 Å². The van der Waals surface area contributed by atoms with Crippen LogP contribution in [0.15, 0.2) is 72.4 Å². The third kappa shape index (κ3) is 5.81. The van der Waals surface area contributed by atoms with Crippen LogP contribution < -0.4 is 10.6 Å². The molecule has 0 saturated heterocycles. The van der Waals surface area contributed by atoms with Gasteiger partial charge < -0.3 is 15.2 Å². The number of thioether (sulfide) groups is 1. The normalized spacial score (nSPS) is 10.4. The molecule has 2 aromatic carbocycles. The van der Waals surface area contributed by atoms with E-state index in [1.165, 1.54) is 11.8 Å². The van der Waals surface area contributed by atoms with E-state index in [0.717, 1.165) is 11.3 Å². The molecule has 30 heavy (non-hydrogen) atoms. The van der Waals surface area contributed by atoms with Crippen LogP contribution in [-0.2, 0) is 17.9 Å². The average Bonchev–Trinajstić information content (AvgIpc) is 3.13. The lowest BCUT2D eigenvalue weighted by Gasteiger charge is -2.09. The summed E-state index contributed by atoms with van der Waals surface area (Å²) in [4.78, 5) is 24.6. The van der Waals surface area contributed by atoms with E-state index in [0.29, 0.717) is 23.1 Å². The molecule has 0 unspecified atom stereocenters. The predicted octanol–water partition coefficient (Wildman–Crippen LogP) is 3.43. The Hall–Kier alpha value is -3.39. The molecule has 0 spiro atoms. The van der Waals surface area contributed by atoms with Crippen molar-refractivity contribution in [2.75, 3.05) is 11.1 Å². The summed E-state index contributed by atoms with van der Waals surface area (Å²) in [5, 5.41) is 14.7. The first-order valence-electron chi connectivity index (χ1n) is 9.42. The summed E-state index contributed by atoms with van der Waals surface area (Å²) in [5.41, 5.74) is 2.36. The Kier molecular flexibility index (Phi) is 7.40. The van der Waals surface area contributed by atoms with Crippen LogP contribution in [0.5, 0.6) is 0 Å². The molecule has 0 aliphatic carbocycles. The van der Waals surface area contributed by atoms with Gasteiger partial charge in [0.2, 0.25) is 5.91 Å². The average molecular weight is 422 g/mol. The van der Waals surface area contributed by atoms with Crippen molar-refractivity contribution in [3.8, 4) is 0 Å². The molecular weight excluding hydrogens is 398 g/mol. The molecule has 2 amide bonds. The zero-order valence-corrected chi connectivity index (χ0v) is 17.5. The monoisotopic (exact) mass is 421 g/mol. The van der Waals surface area contributed by atoms with Gasteiger partial charge in [-0.1, -0.05) is 53.7 Å². The van der Waals surface area contributed by atoms with Gasteiger partial charge in [0, 0.05) is 17.8 Å². The molecule has 1 aromatic heterocycles. The molecule has 0 saturated carbocycles. The Balaban J connectivity index is 1.60. The van der Waals surface area contributed by atoms with Crippen molar-refractivity contribution in [3.63, 3.8) is 0 Å². The van der Waals surface area contributed by atoms with Crippen molar-refractivity contribution in [2.45, 2.75) is 25.2 Å². The molecule has 3 aromatic rings. The number of para-hydroxylation sites is 1. The fraction of sp³-hybridized carbons (Fsp3) is 0.182. The third-order valence-corrected chi connectivity index (χ3v) is 5.15. The molecule has 0 bridgehead atoms. The minimum atomic E-state index is -0.178. The molecule has 3 rings (SSSR count). The Morgan fingerprint density at radius 2 is 1.93 bits per heavy atom. The maximum atomic E-state index is 12.4. The number of rotatable bonds is 9. The van der Waals surface area contributed by atoms with Crippen LogP contribution in [0, 0.1) is 6.92 Å². The number of carbonyl (C=O) groups excluding carboxylic acids is 2. The number of hydrogen-bond acceptors (Lipinski definition) is 5. The number of nitrogens with zero attached hydrogens (tertiary/aromatic N) is 3. The maximum absolute atomic E-state index is 12.4. The molecule has 0 radical (unpaired) electrons. The number of hydrogen-bond donors (Lipinski definition) is 2. The van der Waals surface area contributed by atoms with E-state index < -0.39 is 0 Å². The van der Waals surface area contributed by atoms with Crippen molar-refractivity contribution in [3.05, 3.63) is 84.2 Å². The van der Waals surface area contributed by atoms with Gasteiger partial charge in [-0.2, -0.15) is 0 Å². The van der Waals surface area contributed by atoms with E-state index in [1.807, 2.05) is 60.0 Å². The number of carbonyl (C=O) groups is 2. The van der Waals surface area contributed by atoms with Gasteiger partial charge in [0.1, 0.15) is 0 Å². The highest BCUT2D eigenvalue weighted by molar-refractivity contribution is 7.99. The molecular formula is C22H23N5O2S. The van der Waals surface area contributed by atoms with Crippen molar-refractivity contribution in [1.82, 2.24) is 20.1 Å². The Labute approximate surface area is 179 Å². The van der Waals surface area contributed by atoms with Gasteiger partial charge in [0.05, 0.1) is 12.3 Å². The van der Waals surface area contributed by atoms with Crippen LogP contribution in [0.4, 0.5) is 5.69 Å². The topological polar surface area (TPSA) is 88.9 Å². The number of benzene rings is 2. The predicted molar refractivity (Wildman–Crippen MR) is 118 cm³/mol. The maximum Gasteiger partial charge on any atom is 0.251 e. The first-order valence-corrected chi connectivity index (χ1v) is 10.4. The van der Waals surface area contributed by atoms with Crippen LogP contribution >= 0.6 is 11.8 Å². The summed E-state index contributed by atoms with van der Waals surface area (Å²) in [6, 6.07) is 16.7. The fourth-order valence-electron chi connectivity index (χ4n) is 2.77. The van der Waals surface area contributed by atoms with Gasteiger partial charge in [-0.15, -0.1) is 16.8 Å². The lowest BCUT2D eigenvalue weighted by Crippen LogP contribution is -2.25. The minimum absolute atomic E-state index is 0.131. The van der Waals surface area contributed by atoms with Gasteiger partial charge in [0.15, 0.2) is 11.0 Å². The molecule has 154 valence electrons. The third-order valence-electron chi connectivity index (χ3n) is 4.18. The fourth-order valence-corrected chi connectivity index (χ4v) is 3.53. The number of allylic oxidation sites excluding steroid dienone is 1. The molecule has 8 heteroatoms. The minimum Gasteiger partial charge on any atom is -0.345 e. The number of aromatic nitrogens is 3. The molecule has 0 atom stereocenters. The van der Waals surface area contributed by atoms with Gasteiger partial charge in [-0.25, -0.2) is 0 Å². The Morgan fingerprint density at radius 3 is 2.67 bits per heavy atom. The highest BCUT2D eigenvalue weighted by Crippen LogP contribution is 2.18. The summed E-state index contributed by atoms with van der Waals surface area (Å²) in [6.45, 7) is 6.41. The number of amides is 2. The lowest BCUT2D eigenvalue weighted by molar-refractivity contribution is -0.113. The molecule has 2 N–H and O–H groups in total. The Bertz CT molecular complexity index is 1030. The van der Waals surface area contributed by atoms with E-state index >= 15 is 0 Å². The molecule has 0 aliphatic rings. The van der Waals surface area contributed by atoms with Crippen molar-refractivity contribution < 1.29 is 9.59 Å². The van der Waals surface area contributed by atoms with E-state index in [9.17, 15) is 9.59 Å². The SMILES string of the molecule is C=CCn1c(CNC(=O)c2cccc(C)c2)nnc1SCC(=O)Nc1ccccc1. The summed E-state index contributed by atoms with van der Waals surface area (Å²) < 4.78 is 1.84. The van der Waals surface area contributed by atoms with Crippen molar-refractivity contribution >= 4 is 29.3 Å². The highest BCUT2D eigenvalue weighted by atomic mass is 32.2. The molecule has 0 aliphatic heterocycles. The van der Waals surface area contributed by atoms with E-state index in [4.69, 9.17) is 0 Å². The van der Waals surface area contributed by atoms with E-state index in [-0.39, 0.29) is 24.1 Å². The molecule has 0 fully saturated rings. The van der Waals surface area contributed by atoms with Crippen LogP contribution in [0.1, 0.15) is 21.7 Å². The van der Waals surface area contributed by atoms with E-state index in [1.54, 1.807) is 12.1 Å². The standard InChI is InChI=1S/C22H23N5O2S/c1-3-12-27-19(14-23-21(29)17-9-7-8-16(2)13-17)25-26-22(27)30-15-20(28)24-18-10-5-4-6-11-18/h3-11,13H,1,12,14-15H2,2H3,(H,23,29)(H,24,28). The van der Waals surface area contributed by atoms with Gasteiger partial charge in [0.25, 0.3) is 5.91 Å². The summed E-state index contributed by atoms with van der Waals surface area (Å²) >= 11 is 1.28. The van der Waals surface area contributed by atoms with Gasteiger partial charge in [-0.3, -0.25) is 9.59 Å². The zero-order valence-electron chi connectivity index (χ0n) is 16.7. The molecule has 7 nitrogen and oxygen atoms in total. The van der Waals surface area contributed by atoms with Crippen molar-refractivity contribution in [1.29, 1.82) is 0 Å². The number of anilines is 1. The summed E-state index contributed by atoms with van der Waals surface area (Å²) in [6.07, 6.45) is 1.73. The van der Waals surface area contributed by atoms with Crippen LogP contribution in [0.3, 0.4) is 0 Å². The second kappa shape index (κ2) is 10.4. The quantitative estimate of drug-likeness (QED) is 0.408. The van der Waals surface area contributed by atoms with Gasteiger partial charge in [-0.05, 0) is 31.2 Å². The Morgan fingerprint density at radius 1 is 1.13 bits per heavy atom. The largest absolute Gasteiger partial charge is 0.345 e. The lowest BCUT2D eigenvalue weighted by atomic mass is 10.1. The number of nitrogens with one attached hydrogen (secondary N) is 2. The summed E-state index contributed by atoms with van der Waals surface area (Å²) in [7, 11) is 0. The van der Waals surface area contributed by atoms with Crippen molar-refractivity contribution in [2.24, 2.45) is 0 Å². The zero-order chi connectivity index (χ0) is 21.3. The molecule has 1 heterocycles. The van der Waals surface area contributed by atoms with Crippen LogP contribution in [0.2, 0.25) is 0 Å². The van der Waals surface area contributed by atoms with Crippen LogP contribution in [-0.4, -0.2) is 32.3 Å². The second-order valence-electron chi connectivity index (χ2n) is 6.55. The highest BCUT2D eigenvalue weighted by Gasteiger charge is 2.15. The number of aryl methyl sites for hydroxylation is 1. The summed E-state index contributed by atoms with van der Waals surface area (Å²) in [5.74, 6) is 0.485. The first-order chi connectivity index (χ1) is 14.6. The smallest absolute Gasteiger partial charge is 0.251 e. The second-order valence-corrected chi connectivity index (χ2v) is 7.50.